The third-order valence-electron chi connectivity index (χ3n) is 3.92. The van der Waals surface area contributed by atoms with Gasteiger partial charge in [-0.3, -0.25) is 4.79 Å². The van der Waals surface area contributed by atoms with Crippen LogP contribution in [0.5, 0.6) is 0 Å². The molecule has 0 aromatic rings. The molecule has 0 aliphatic carbocycles. The Labute approximate surface area is 125 Å². The molecule has 0 fully saturated rings. The van der Waals surface area contributed by atoms with E-state index in [0.717, 1.165) is 32.1 Å². The van der Waals surface area contributed by atoms with E-state index in [1.54, 1.807) is 7.11 Å². The van der Waals surface area contributed by atoms with Crippen LogP contribution in [-0.4, -0.2) is 43.2 Å². The first-order chi connectivity index (χ1) is 9.47. The molecule has 0 radical (unpaired) electrons. The minimum atomic E-state index is 0.0752. The van der Waals surface area contributed by atoms with Gasteiger partial charge in [0.15, 0.2) is 0 Å². The van der Waals surface area contributed by atoms with Gasteiger partial charge in [0.25, 0.3) is 0 Å². The fourth-order valence-corrected chi connectivity index (χ4v) is 2.54. The van der Waals surface area contributed by atoms with Gasteiger partial charge in [0, 0.05) is 31.7 Å². The molecule has 0 rings (SSSR count). The van der Waals surface area contributed by atoms with E-state index >= 15 is 0 Å². The van der Waals surface area contributed by atoms with Crippen LogP contribution in [0.1, 0.15) is 59.8 Å². The Balaban J connectivity index is 4.50. The van der Waals surface area contributed by atoms with E-state index < -0.39 is 0 Å². The van der Waals surface area contributed by atoms with Crippen LogP contribution in [0.25, 0.3) is 0 Å². The van der Waals surface area contributed by atoms with Crippen molar-refractivity contribution in [2.24, 2.45) is 11.7 Å². The Morgan fingerprint density at radius 3 is 2.25 bits per heavy atom. The summed E-state index contributed by atoms with van der Waals surface area (Å²) < 4.78 is 5.14. The van der Waals surface area contributed by atoms with E-state index in [1.165, 1.54) is 0 Å². The molecule has 0 heterocycles. The van der Waals surface area contributed by atoms with Crippen molar-refractivity contribution in [3.63, 3.8) is 0 Å². The molecule has 0 aliphatic rings. The van der Waals surface area contributed by atoms with Crippen LogP contribution < -0.4 is 5.73 Å². The van der Waals surface area contributed by atoms with Gasteiger partial charge in [0.05, 0.1) is 6.61 Å². The average Bonchev–Trinajstić information content (AvgIpc) is 2.42. The van der Waals surface area contributed by atoms with Gasteiger partial charge in [-0.2, -0.15) is 0 Å². The van der Waals surface area contributed by atoms with Crippen molar-refractivity contribution in [2.45, 2.75) is 71.9 Å². The van der Waals surface area contributed by atoms with Crippen molar-refractivity contribution >= 4 is 5.91 Å². The smallest absolute Gasteiger partial charge is 0.225 e. The first-order valence-corrected chi connectivity index (χ1v) is 8.02. The number of hydrogen-bond acceptors (Lipinski definition) is 3. The molecule has 2 atom stereocenters. The molecule has 4 nitrogen and oxygen atoms in total. The van der Waals surface area contributed by atoms with Crippen LogP contribution in [0.4, 0.5) is 0 Å². The molecule has 2 N–H and O–H groups in total. The zero-order valence-electron chi connectivity index (χ0n) is 14.0. The Kier molecular flexibility index (Phi) is 10.8. The van der Waals surface area contributed by atoms with Crippen LogP contribution in [0.3, 0.4) is 0 Å². The van der Waals surface area contributed by atoms with Gasteiger partial charge in [-0.05, 0) is 32.6 Å². The number of carbonyl (C=O) groups excluding carboxylic acids is 1. The molecular weight excluding hydrogens is 252 g/mol. The maximum atomic E-state index is 12.6. The van der Waals surface area contributed by atoms with Gasteiger partial charge in [-0.1, -0.05) is 27.2 Å². The summed E-state index contributed by atoms with van der Waals surface area (Å²) in [4.78, 5) is 14.6. The predicted octanol–water partition coefficient (Wildman–Crippen LogP) is 2.80. The van der Waals surface area contributed by atoms with E-state index in [1.807, 2.05) is 18.7 Å². The number of nitrogens with two attached hydrogens (primary N) is 1. The predicted molar refractivity (Wildman–Crippen MR) is 84.6 cm³/mol. The molecular formula is C16H34N2O2. The largest absolute Gasteiger partial charge is 0.383 e. The third kappa shape index (κ3) is 7.25. The van der Waals surface area contributed by atoms with Crippen LogP contribution in [-0.2, 0) is 9.53 Å². The molecule has 4 heteroatoms. The number of ether oxygens (including phenoxy) is 1. The van der Waals surface area contributed by atoms with Crippen molar-refractivity contribution in [1.82, 2.24) is 4.90 Å². The zero-order valence-corrected chi connectivity index (χ0v) is 14.0. The second kappa shape index (κ2) is 11.1. The van der Waals surface area contributed by atoms with Crippen LogP contribution >= 0.6 is 0 Å². The minimum absolute atomic E-state index is 0.0752. The van der Waals surface area contributed by atoms with Gasteiger partial charge >= 0.3 is 0 Å². The summed E-state index contributed by atoms with van der Waals surface area (Å²) in [5.74, 6) is 0.339. The van der Waals surface area contributed by atoms with Crippen LogP contribution in [0.2, 0.25) is 0 Å². The fourth-order valence-electron chi connectivity index (χ4n) is 2.54. The van der Waals surface area contributed by atoms with Crippen molar-refractivity contribution in [3.05, 3.63) is 0 Å². The molecule has 0 aliphatic heterocycles. The van der Waals surface area contributed by atoms with Crippen molar-refractivity contribution in [3.8, 4) is 0 Å². The molecule has 20 heavy (non-hydrogen) atoms. The number of carbonyl (C=O) groups is 1. The second-order valence-electron chi connectivity index (χ2n) is 5.80. The summed E-state index contributed by atoms with van der Waals surface area (Å²) in [6.07, 6.45) is 4.92. The van der Waals surface area contributed by atoms with Crippen molar-refractivity contribution in [2.75, 3.05) is 20.3 Å². The summed E-state index contributed by atoms with van der Waals surface area (Å²) in [6, 6.07) is 0.550. The van der Waals surface area contributed by atoms with Gasteiger partial charge < -0.3 is 15.4 Å². The maximum absolute atomic E-state index is 12.6. The molecule has 2 unspecified atom stereocenters. The van der Waals surface area contributed by atoms with Gasteiger partial charge in [-0.25, -0.2) is 0 Å². The highest BCUT2D eigenvalue weighted by Gasteiger charge is 2.24. The molecule has 120 valence electrons. The fraction of sp³-hybridized carbons (Fsp3) is 0.938. The highest BCUT2D eigenvalue weighted by molar-refractivity contribution is 5.78. The number of amides is 1. The van der Waals surface area contributed by atoms with E-state index in [4.69, 9.17) is 10.5 Å². The van der Waals surface area contributed by atoms with E-state index in [0.29, 0.717) is 19.2 Å². The molecule has 1 amide bonds. The summed E-state index contributed by atoms with van der Waals surface area (Å²) in [5.41, 5.74) is 5.76. The summed E-state index contributed by atoms with van der Waals surface area (Å²) in [7, 11) is 1.68. The third-order valence-corrected chi connectivity index (χ3v) is 3.92. The lowest BCUT2D eigenvalue weighted by Gasteiger charge is -2.32. The second-order valence-corrected chi connectivity index (χ2v) is 5.80. The Bertz CT molecular complexity index is 253. The van der Waals surface area contributed by atoms with Crippen molar-refractivity contribution in [1.29, 1.82) is 0 Å². The number of nitrogens with zero attached hydrogens (tertiary/aromatic N) is 1. The van der Waals surface area contributed by atoms with Gasteiger partial charge in [-0.15, -0.1) is 0 Å². The SMILES string of the molecule is CCC(CC)N(CCOC)C(=O)C(C)CCCC(C)N. The minimum Gasteiger partial charge on any atom is -0.383 e. The lowest BCUT2D eigenvalue weighted by atomic mass is 9.99. The monoisotopic (exact) mass is 286 g/mol. The topological polar surface area (TPSA) is 55.6 Å². The lowest BCUT2D eigenvalue weighted by Crippen LogP contribution is -2.44. The summed E-state index contributed by atoms with van der Waals surface area (Å²) in [6.45, 7) is 9.63. The maximum Gasteiger partial charge on any atom is 0.225 e. The van der Waals surface area contributed by atoms with E-state index in [-0.39, 0.29) is 17.9 Å². The number of rotatable bonds is 11. The first kappa shape index (κ1) is 19.4. The highest BCUT2D eigenvalue weighted by Crippen LogP contribution is 2.17. The Morgan fingerprint density at radius 2 is 1.80 bits per heavy atom. The Hall–Kier alpha value is -0.610. The number of hydrogen-bond donors (Lipinski definition) is 1. The van der Waals surface area contributed by atoms with E-state index in [2.05, 4.69) is 13.8 Å². The molecule has 0 bridgehead atoms. The molecule has 0 saturated carbocycles. The normalized spacial score (nSPS) is 14.3. The molecule has 0 spiro atoms. The molecule has 0 aromatic heterocycles. The average molecular weight is 286 g/mol. The summed E-state index contributed by atoms with van der Waals surface area (Å²) >= 11 is 0. The highest BCUT2D eigenvalue weighted by atomic mass is 16.5. The van der Waals surface area contributed by atoms with E-state index in [9.17, 15) is 4.79 Å². The lowest BCUT2D eigenvalue weighted by molar-refractivity contribution is -0.138. The van der Waals surface area contributed by atoms with Gasteiger partial charge in [0.2, 0.25) is 5.91 Å². The molecule has 0 saturated heterocycles. The van der Waals surface area contributed by atoms with Gasteiger partial charge in [0.1, 0.15) is 0 Å². The standard InChI is InChI=1S/C16H34N2O2/c1-6-15(7-2)18(11-12-20-5)16(19)13(3)9-8-10-14(4)17/h13-15H,6-12,17H2,1-5H3. The van der Waals surface area contributed by atoms with Crippen molar-refractivity contribution < 1.29 is 9.53 Å². The zero-order chi connectivity index (χ0) is 15.5. The molecule has 0 aromatic carbocycles. The Morgan fingerprint density at radius 1 is 1.20 bits per heavy atom. The quantitative estimate of drug-likeness (QED) is 0.635. The number of methoxy groups -OCH3 is 1. The van der Waals surface area contributed by atoms with Crippen LogP contribution in [0, 0.1) is 5.92 Å². The summed E-state index contributed by atoms with van der Waals surface area (Å²) in [5, 5.41) is 0. The van der Waals surface area contributed by atoms with Crippen LogP contribution in [0.15, 0.2) is 0 Å². The first-order valence-electron chi connectivity index (χ1n) is 8.02.